The molecule has 0 unspecified atom stereocenters. The van der Waals surface area contributed by atoms with Crippen LogP contribution in [0.4, 0.5) is 0 Å². The summed E-state index contributed by atoms with van der Waals surface area (Å²) in [5.74, 6) is -0.0284. The first-order valence-electron chi connectivity index (χ1n) is 10.4. The maximum absolute atomic E-state index is 13.4. The van der Waals surface area contributed by atoms with Crippen LogP contribution in [0, 0.1) is 0 Å². The fourth-order valence-corrected chi connectivity index (χ4v) is 4.39. The number of carbonyl (C=O) groups is 2. The maximum atomic E-state index is 13.4. The van der Waals surface area contributed by atoms with E-state index >= 15 is 0 Å². The summed E-state index contributed by atoms with van der Waals surface area (Å²) in [4.78, 5) is 26.7. The van der Waals surface area contributed by atoms with Gasteiger partial charge in [0, 0.05) is 39.6 Å². The largest absolute Gasteiger partial charge is 0.340 e. The third-order valence-corrected chi connectivity index (χ3v) is 5.78. The molecule has 5 rings (SSSR count). The van der Waals surface area contributed by atoms with Gasteiger partial charge in [0.2, 0.25) is 0 Å². The minimum atomic E-state index is -0.0142. The van der Waals surface area contributed by atoms with Crippen LogP contribution >= 0.6 is 0 Å². The number of nitrogens with zero attached hydrogens (tertiary/aromatic N) is 1. The minimum absolute atomic E-state index is 0.0142. The molecular weight excluding hydrogens is 382 g/mol. The van der Waals surface area contributed by atoms with Crippen molar-refractivity contribution in [3.05, 3.63) is 119 Å². The lowest BCUT2D eigenvalue weighted by molar-refractivity contribution is 0.103. The van der Waals surface area contributed by atoms with Gasteiger partial charge in [-0.15, -0.1) is 0 Å². The van der Waals surface area contributed by atoms with E-state index in [1.807, 2.05) is 104 Å². The van der Waals surface area contributed by atoms with Crippen molar-refractivity contribution in [2.45, 2.75) is 13.5 Å². The Morgan fingerprint density at radius 2 is 1.00 bits per heavy atom. The smallest absolute Gasteiger partial charge is 0.195 e. The average Bonchev–Trinajstić information content (AvgIpc) is 3.18. The highest BCUT2D eigenvalue weighted by Gasteiger charge is 2.22. The van der Waals surface area contributed by atoms with Gasteiger partial charge in [-0.1, -0.05) is 84.9 Å². The van der Waals surface area contributed by atoms with Gasteiger partial charge in [0.05, 0.1) is 11.0 Å². The van der Waals surface area contributed by atoms with Crippen LogP contribution in [-0.4, -0.2) is 16.1 Å². The molecule has 4 aromatic carbocycles. The van der Waals surface area contributed by atoms with Gasteiger partial charge in [0.25, 0.3) is 0 Å². The van der Waals surface area contributed by atoms with E-state index in [9.17, 15) is 9.59 Å². The maximum Gasteiger partial charge on any atom is 0.195 e. The van der Waals surface area contributed by atoms with Gasteiger partial charge in [-0.05, 0) is 19.1 Å². The molecule has 0 aliphatic heterocycles. The molecule has 3 heteroatoms. The lowest BCUT2D eigenvalue weighted by Crippen LogP contribution is -2.07. The van der Waals surface area contributed by atoms with Crippen LogP contribution < -0.4 is 0 Å². The Kier molecular flexibility index (Phi) is 4.72. The van der Waals surface area contributed by atoms with Crippen molar-refractivity contribution < 1.29 is 9.59 Å². The molecule has 0 spiro atoms. The fraction of sp³-hybridized carbons (Fsp3) is 0.0714. The van der Waals surface area contributed by atoms with Crippen molar-refractivity contribution in [2.75, 3.05) is 0 Å². The molecule has 31 heavy (non-hydrogen) atoms. The van der Waals surface area contributed by atoms with Crippen LogP contribution in [-0.2, 0) is 6.54 Å². The number of benzene rings is 4. The van der Waals surface area contributed by atoms with E-state index in [4.69, 9.17) is 0 Å². The highest BCUT2D eigenvalue weighted by atomic mass is 16.1. The van der Waals surface area contributed by atoms with Crippen molar-refractivity contribution in [2.24, 2.45) is 0 Å². The quantitative estimate of drug-likeness (QED) is 0.324. The molecule has 3 nitrogen and oxygen atoms in total. The number of carbonyl (C=O) groups excluding carboxylic acids is 2. The van der Waals surface area contributed by atoms with E-state index in [0.717, 1.165) is 21.8 Å². The van der Waals surface area contributed by atoms with E-state index in [-0.39, 0.29) is 11.6 Å². The topological polar surface area (TPSA) is 39.1 Å². The van der Waals surface area contributed by atoms with Gasteiger partial charge in [-0.2, -0.15) is 0 Å². The van der Waals surface area contributed by atoms with E-state index < -0.39 is 0 Å². The highest BCUT2D eigenvalue weighted by molar-refractivity contribution is 6.24. The summed E-state index contributed by atoms with van der Waals surface area (Å²) >= 11 is 0. The van der Waals surface area contributed by atoms with Crippen molar-refractivity contribution in [1.29, 1.82) is 0 Å². The predicted octanol–water partition coefficient (Wildman–Crippen LogP) is 6.28. The zero-order chi connectivity index (χ0) is 21.4. The van der Waals surface area contributed by atoms with E-state index in [1.54, 1.807) is 0 Å². The number of aromatic nitrogens is 1. The summed E-state index contributed by atoms with van der Waals surface area (Å²) in [5, 5.41) is 1.97. The van der Waals surface area contributed by atoms with Crippen LogP contribution in [0.1, 0.15) is 38.8 Å². The number of ketones is 2. The number of hydrogen-bond acceptors (Lipinski definition) is 2. The summed E-state index contributed by atoms with van der Waals surface area (Å²) in [5.41, 5.74) is 4.37. The van der Waals surface area contributed by atoms with Crippen molar-refractivity contribution in [3.8, 4) is 0 Å². The molecule has 0 N–H and O–H groups in total. The summed E-state index contributed by atoms with van der Waals surface area (Å²) in [6.07, 6.45) is 0. The Labute approximate surface area is 180 Å². The standard InChI is InChI=1S/C28H21NO2/c1-2-29-25-21(15-9-17-23(25)27(30)19-11-5-3-6-12-19)22-16-10-18-24(26(22)29)28(31)20-13-7-4-8-14-20/h3-18H,2H2,1H3. The molecule has 0 radical (unpaired) electrons. The monoisotopic (exact) mass is 403 g/mol. The molecule has 1 aromatic heterocycles. The Hall–Kier alpha value is -3.98. The lowest BCUT2D eigenvalue weighted by atomic mass is 9.99. The Morgan fingerprint density at radius 3 is 1.39 bits per heavy atom. The van der Waals surface area contributed by atoms with Gasteiger partial charge in [-0.25, -0.2) is 0 Å². The Morgan fingerprint density at radius 1 is 0.581 bits per heavy atom. The summed E-state index contributed by atoms with van der Waals surface area (Å²) < 4.78 is 2.11. The second-order valence-electron chi connectivity index (χ2n) is 7.54. The average molecular weight is 403 g/mol. The second-order valence-corrected chi connectivity index (χ2v) is 7.54. The Bertz CT molecular complexity index is 1320. The van der Waals surface area contributed by atoms with Gasteiger partial charge >= 0.3 is 0 Å². The van der Waals surface area contributed by atoms with Crippen molar-refractivity contribution in [3.63, 3.8) is 0 Å². The van der Waals surface area contributed by atoms with Crippen LogP contribution in [0.15, 0.2) is 97.1 Å². The van der Waals surface area contributed by atoms with Crippen molar-refractivity contribution in [1.82, 2.24) is 4.57 Å². The first-order chi connectivity index (χ1) is 15.2. The molecule has 0 saturated heterocycles. The van der Waals surface area contributed by atoms with Gasteiger partial charge in [0.1, 0.15) is 0 Å². The number of hydrogen-bond donors (Lipinski definition) is 0. The Balaban J connectivity index is 1.81. The second kappa shape index (κ2) is 7.69. The SMILES string of the molecule is CCn1c2c(C(=O)c3ccccc3)cccc2c2cccc(C(=O)c3ccccc3)c21. The van der Waals surface area contributed by atoms with Crippen molar-refractivity contribution >= 4 is 33.4 Å². The van der Waals surface area contributed by atoms with Gasteiger partial charge in [-0.3, -0.25) is 9.59 Å². The molecule has 5 aromatic rings. The fourth-order valence-electron chi connectivity index (χ4n) is 4.39. The number of aryl methyl sites for hydroxylation is 1. The van der Waals surface area contributed by atoms with Crippen LogP contribution in [0.5, 0.6) is 0 Å². The number of fused-ring (bicyclic) bond motifs is 3. The van der Waals surface area contributed by atoms with Gasteiger partial charge < -0.3 is 4.57 Å². The number of rotatable bonds is 5. The molecule has 0 aliphatic carbocycles. The summed E-state index contributed by atoms with van der Waals surface area (Å²) in [6, 6.07) is 30.3. The molecule has 0 aliphatic rings. The third-order valence-electron chi connectivity index (χ3n) is 5.78. The zero-order valence-corrected chi connectivity index (χ0v) is 17.2. The van der Waals surface area contributed by atoms with E-state index in [0.29, 0.717) is 28.8 Å². The first-order valence-corrected chi connectivity index (χ1v) is 10.4. The third kappa shape index (κ3) is 3.06. The molecule has 0 bridgehead atoms. The van der Waals surface area contributed by atoms with Crippen LogP contribution in [0.2, 0.25) is 0 Å². The predicted molar refractivity (Wildman–Crippen MR) is 125 cm³/mol. The molecule has 150 valence electrons. The molecule has 0 saturated carbocycles. The van der Waals surface area contributed by atoms with Gasteiger partial charge in [0.15, 0.2) is 11.6 Å². The molecular formula is C28H21NO2. The van der Waals surface area contributed by atoms with E-state index in [1.165, 1.54) is 0 Å². The minimum Gasteiger partial charge on any atom is -0.340 e. The zero-order valence-electron chi connectivity index (χ0n) is 17.2. The molecule has 0 atom stereocenters. The summed E-state index contributed by atoms with van der Waals surface area (Å²) in [6.45, 7) is 2.70. The molecule has 1 heterocycles. The first kappa shape index (κ1) is 19.0. The number of para-hydroxylation sites is 2. The normalized spacial score (nSPS) is 11.1. The molecule has 0 amide bonds. The van der Waals surface area contributed by atoms with E-state index in [2.05, 4.69) is 4.57 Å². The van der Waals surface area contributed by atoms with Crippen LogP contribution in [0.3, 0.4) is 0 Å². The summed E-state index contributed by atoms with van der Waals surface area (Å²) in [7, 11) is 0. The lowest BCUT2D eigenvalue weighted by Gasteiger charge is -2.10. The molecule has 0 fully saturated rings. The van der Waals surface area contributed by atoms with Crippen LogP contribution in [0.25, 0.3) is 21.8 Å². The highest BCUT2D eigenvalue weighted by Crippen LogP contribution is 2.34.